The van der Waals surface area contributed by atoms with E-state index in [0.717, 1.165) is 30.2 Å². The number of rotatable bonds is 6. The van der Waals surface area contributed by atoms with E-state index in [1.54, 1.807) is 4.57 Å². The summed E-state index contributed by atoms with van der Waals surface area (Å²) in [4.78, 5) is 33.9. The zero-order chi connectivity index (χ0) is 29.3. The maximum absolute atomic E-state index is 13.9. The number of hydrogen-bond acceptors (Lipinski definition) is 7. The van der Waals surface area contributed by atoms with E-state index < -0.39 is 17.6 Å². The molecule has 0 saturated carbocycles. The van der Waals surface area contributed by atoms with Crippen LogP contribution >= 0.6 is 11.6 Å². The highest BCUT2D eigenvalue weighted by molar-refractivity contribution is 6.33. The highest BCUT2D eigenvalue weighted by Gasteiger charge is 2.31. The van der Waals surface area contributed by atoms with Gasteiger partial charge in [0.15, 0.2) is 5.82 Å². The number of aromatic nitrogens is 4. The number of benzene rings is 1. The second-order valence-electron chi connectivity index (χ2n) is 10.1. The number of halogens is 4. The smallest absolute Gasteiger partial charge is 0.377 e. The standard InChI is InChI=1S/C27H31ClF3N7O3/c1-3-21-23(36-10-6-16(2)32-9-11-36)25(40)38-26(34-24(35-38)17-7-12-41-13-8-17)37(21)15-22(39)33-20-5-4-18(14-19(20)28)27(29,30)31/h4-5,7,14,16,32H,3,6,8-13,15H2,1-2H3,(H,33,39)/t16-/m0/s1. The van der Waals surface area contributed by atoms with Gasteiger partial charge in [0, 0.05) is 25.7 Å². The first-order valence-electron chi connectivity index (χ1n) is 13.5. The highest BCUT2D eigenvalue weighted by atomic mass is 35.5. The summed E-state index contributed by atoms with van der Waals surface area (Å²) in [5.41, 5.74) is 0.723. The van der Waals surface area contributed by atoms with Crippen LogP contribution in [-0.4, -0.2) is 64.0 Å². The zero-order valence-electron chi connectivity index (χ0n) is 22.7. The average molecular weight is 594 g/mol. The van der Waals surface area contributed by atoms with Crippen molar-refractivity contribution in [3.8, 4) is 0 Å². The Morgan fingerprint density at radius 3 is 2.78 bits per heavy atom. The number of alkyl halides is 3. The molecule has 0 bridgehead atoms. The fourth-order valence-corrected chi connectivity index (χ4v) is 5.38. The van der Waals surface area contributed by atoms with E-state index in [9.17, 15) is 22.8 Å². The summed E-state index contributed by atoms with van der Waals surface area (Å²) in [6.07, 6.45) is -0.861. The molecule has 10 nitrogen and oxygen atoms in total. The van der Waals surface area contributed by atoms with E-state index >= 15 is 0 Å². The fourth-order valence-electron chi connectivity index (χ4n) is 5.15. The van der Waals surface area contributed by atoms with E-state index in [2.05, 4.69) is 27.6 Å². The van der Waals surface area contributed by atoms with Gasteiger partial charge in [-0.2, -0.15) is 22.7 Å². The largest absolute Gasteiger partial charge is 0.416 e. The Hall–Kier alpha value is -3.42. The Labute approximate surface area is 239 Å². The van der Waals surface area contributed by atoms with E-state index in [1.165, 1.54) is 4.52 Å². The van der Waals surface area contributed by atoms with E-state index in [1.807, 2.05) is 17.9 Å². The molecule has 220 valence electrons. The van der Waals surface area contributed by atoms with Crippen molar-refractivity contribution in [1.29, 1.82) is 0 Å². The van der Waals surface area contributed by atoms with Crippen LogP contribution in [0.4, 0.5) is 24.5 Å². The molecule has 2 N–H and O–H groups in total. The molecule has 5 rings (SSSR count). The lowest BCUT2D eigenvalue weighted by molar-refractivity contribution is -0.137. The fraction of sp³-hybridized carbons (Fsp3) is 0.481. The molecule has 0 aliphatic carbocycles. The predicted octanol–water partition coefficient (Wildman–Crippen LogP) is 3.76. The van der Waals surface area contributed by atoms with Crippen LogP contribution < -0.4 is 21.1 Å². The van der Waals surface area contributed by atoms with Crippen LogP contribution in [0, 0.1) is 0 Å². The van der Waals surface area contributed by atoms with Gasteiger partial charge in [-0.15, -0.1) is 5.10 Å². The van der Waals surface area contributed by atoms with Gasteiger partial charge in [-0.05, 0) is 50.0 Å². The SMILES string of the molecule is CCc1c(N2CCN[C@@H](C)CC2)c(=O)n2nc(C3=CCOCC3)nc2n1CC(=O)Nc1ccc(C(F)(F)F)cc1Cl. The van der Waals surface area contributed by atoms with Gasteiger partial charge >= 0.3 is 6.18 Å². The van der Waals surface area contributed by atoms with Gasteiger partial charge in [-0.3, -0.25) is 9.59 Å². The number of hydrogen-bond donors (Lipinski definition) is 2. The van der Waals surface area contributed by atoms with Gasteiger partial charge in [-0.25, -0.2) is 0 Å². The Balaban J connectivity index is 1.57. The minimum atomic E-state index is -4.56. The minimum Gasteiger partial charge on any atom is -0.377 e. The van der Waals surface area contributed by atoms with Crippen LogP contribution in [-0.2, 0) is 28.7 Å². The Morgan fingerprint density at radius 1 is 1.29 bits per heavy atom. The number of amides is 1. The monoisotopic (exact) mass is 593 g/mol. The van der Waals surface area contributed by atoms with Gasteiger partial charge in [0.1, 0.15) is 12.2 Å². The Kier molecular flexibility index (Phi) is 8.39. The molecule has 0 radical (unpaired) electrons. The molecule has 1 fully saturated rings. The normalized spacial score (nSPS) is 18.3. The summed E-state index contributed by atoms with van der Waals surface area (Å²) in [5.74, 6) is 0.0440. The quantitative estimate of drug-likeness (QED) is 0.448. The Morgan fingerprint density at radius 2 is 2.10 bits per heavy atom. The first kappa shape index (κ1) is 29.1. The molecule has 0 unspecified atom stereocenters. The van der Waals surface area contributed by atoms with Crippen LogP contribution in [0.2, 0.25) is 5.02 Å². The molecule has 2 aliphatic heterocycles. The molecule has 1 aromatic carbocycles. The van der Waals surface area contributed by atoms with Crippen molar-refractivity contribution in [3.63, 3.8) is 0 Å². The van der Waals surface area contributed by atoms with Crippen molar-refractivity contribution >= 4 is 40.2 Å². The molecule has 2 aliphatic rings. The summed E-state index contributed by atoms with van der Waals surface area (Å²) in [6, 6.07) is 3.03. The van der Waals surface area contributed by atoms with Crippen molar-refractivity contribution in [2.24, 2.45) is 0 Å². The third-order valence-corrected chi connectivity index (χ3v) is 7.62. The predicted molar refractivity (Wildman–Crippen MR) is 149 cm³/mol. The molecular weight excluding hydrogens is 563 g/mol. The molecule has 1 atom stereocenters. The third kappa shape index (κ3) is 6.11. The van der Waals surface area contributed by atoms with Gasteiger partial charge < -0.3 is 24.8 Å². The number of anilines is 2. The van der Waals surface area contributed by atoms with Gasteiger partial charge in [0.2, 0.25) is 11.7 Å². The lowest BCUT2D eigenvalue weighted by atomic mass is 10.1. The first-order valence-corrected chi connectivity index (χ1v) is 13.9. The van der Waals surface area contributed by atoms with Crippen molar-refractivity contribution < 1.29 is 22.7 Å². The van der Waals surface area contributed by atoms with Crippen LogP contribution in [0.1, 0.15) is 43.8 Å². The Bertz CT molecular complexity index is 1550. The summed E-state index contributed by atoms with van der Waals surface area (Å²) < 4.78 is 47.5. The van der Waals surface area contributed by atoms with Crippen molar-refractivity contribution in [2.45, 2.75) is 51.9 Å². The molecule has 1 saturated heterocycles. The minimum absolute atomic E-state index is 0.0436. The molecular formula is C27H31ClF3N7O3. The zero-order valence-corrected chi connectivity index (χ0v) is 23.5. The summed E-state index contributed by atoms with van der Waals surface area (Å²) >= 11 is 6.08. The van der Waals surface area contributed by atoms with Crippen molar-refractivity contribution in [3.05, 3.63) is 56.7 Å². The van der Waals surface area contributed by atoms with E-state index in [0.29, 0.717) is 62.9 Å². The summed E-state index contributed by atoms with van der Waals surface area (Å²) in [6.45, 7) is 6.56. The summed E-state index contributed by atoms with van der Waals surface area (Å²) in [7, 11) is 0. The molecule has 41 heavy (non-hydrogen) atoms. The molecule has 3 aromatic rings. The van der Waals surface area contributed by atoms with Gasteiger partial charge in [0.25, 0.3) is 5.56 Å². The molecule has 0 spiro atoms. The lowest BCUT2D eigenvalue weighted by Gasteiger charge is -2.26. The molecule has 4 heterocycles. The maximum Gasteiger partial charge on any atom is 0.416 e. The third-order valence-electron chi connectivity index (χ3n) is 7.31. The maximum atomic E-state index is 13.9. The molecule has 14 heteroatoms. The molecule has 2 aromatic heterocycles. The second-order valence-corrected chi connectivity index (χ2v) is 10.5. The number of nitrogens with one attached hydrogen (secondary N) is 2. The number of carbonyl (C=O) groups is 1. The van der Waals surface area contributed by atoms with Gasteiger partial charge in [0.05, 0.1) is 35.2 Å². The highest BCUT2D eigenvalue weighted by Crippen LogP contribution is 2.34. The van der Waals surface area contributed by atoms with E-state index in [4.69, 9.17) is 16.3 Å². The molecule has 1 amide bonds. The summed E-state index contributed by atoms with van der Waals surface area (Å²) in [5, 5.41) is 10.3. The van der Waals surface area contributed by atoms with Crippen LogP contribution in [0.15, 0.2) is 29.1 Å². The average Bonchev–Trinajstić information content (AvgIpc) is 3.28. The van der Waals surface area contributed by atoms with Crippen molar-refractivity contribution in [2.75, 3.05) is 43.1 Å². The van der Waals surface area contributed by atoms with Crippen LogP contribution in [0.25, 0.3) is 11.4 Å². The lowest BCUT2D eigenvalue weighted by Crippen LogP contribution is -2.37. The first-order chi connectivity index (χ1) is 19.6. The topological polar surface area (TPSA) is 106 Å². The van der Waals surface area contributed by atoms with Crippen LogP contribution in [0.5, 0.6) is 0 Å². The van der Waals surface area contributed by atoms with Gasteiger partial charge in [-0.1, -0.05) is 24.6 Å². The van der Waals surface area contributed by atoms with Crippen LogP contribution in [0.3, 0.4) is 0 Å². The van der Waals surface area contributed by atoms with Crippen molar-refractivity contribution in [1.82, 2.24) is 24.5 Å². The number of carbonyl (C=O) groups excluding carboxylic acids is 1. The number of ether oxygens (including phenoxy) is 1. The number of nitrogens with zero attached hydrogens (tertiary/aromatic N) is 5. The van der Waals surface area contributed by atoms with E-state index in [-0.39, 0.29) is 34.6 Å². The second kappa shape index (κ2) is 11.8. The number of fused-ring (bicyclic) bond motifs is 1.